The van der Waals surface area contributed by atoms with Crippen molar-refractivity contribution in [1.82, 2.24) is 15.5 Å². The minimum atomic E-state index is -0.148. The van der Waals surface area contributed by atoms with E-state index in [2.05, 4.69) is 15.5 Å². The molecule has 2 aromatic rings. The van der Waals surface area contributed by atoms with Gasteiger partial charge in [0.05, 0.1) is 18.4 Å². The van der Waals surface area contributed by atoms with Crippen LogP contribution < -0.4 is 10.1 Å². The van der Waals surface area contributed by atoms with Gasteiger partial charge >= 0.3 is 0 Å². The number of amides is 1. The Morgan fingerprint density at radius 3 is 3.11 bits per heavy atom. The molecule has 1 heterocycles. The minimum absolute atomic E-state index is 0.148. The first kappa shape index (κ1) is 12.2. The molecule has 94 valence electrons. The fourth-order valence-corrected chi connectivity index (χ4v) is 1.57. The number of carbonyl (C=O) groups excluding carboxylic acids is 1. The number of rotatable bonds is 5. The Morgan fingerprint density at radius 2 is 2.39 bits per heavy atom. The molecule has 0 radical (unpaired) electrons. The van der Waals surface area contributed by atoms with Gasteiger partial charge in [0.2, 0.25) is 0 Å². The second kappa shape index (κ2) is 5.86. The van der Waals surface area contributed by atoms with Crippen molar-refractivity contribution < 1.29 is 9.53 Å². The lowest BCUT2D eigenvalue weighted by Gasteiger charge is -2.07. The number of carbonyl (C=O) groups is 1. The summed E-state index contributed by atoms with van der Waals surface area (Å²) < 4.78 is 5.40. The summed E-state index contributed by atoms with van der Waals surface area (Å²) in [6.07, 6.45) is 3.05. The van der Waals surface area contributed by atoms with Crippen molar-refractivity contribution in [2.75, 3.05) is 6.61 Å². The molecule has 0 saturated heterocycles. The molecule has 0 saturated carbocycles. The van der Waals surface area contributed by atoms with Crippen LogP contribution in [-0.4, -0.2) is 22.7 Å². The summed E-state index contributed by atoms with van der Waals surface area (Å²) in [5, 5.41) is 9.15. The van der Waals surface area contributed by atoms with Crippen molar-refractivity contribution in [2.45, 2.75) is 13.5 Å². The number of nitrogens with zero attached hydrogens (tertiary/aromatic N) is 1. The predicted molar refractivity (Wildman–Crippen MR) is 67.4 cm³/mol. The van der Waals surface area contributed by atoms with E-state index in [-0.39, 0.29) is 5.91 Å². The molecule has 0 fully saturated rings. The average molecular weight is 245 g/mol. The number of aromatic amines is 1. The van der Waals surface area contributed by atoms with E-state index < -0.39 is 0 Å². The van der Waals surface area contributed by atoms with E-state index in [1.54, 1.807) is 6.20 Å². The zero-order valence-electron chi connectivity index (χ0n) is 10.1. The molecule has 5 nitrogen and oxygen atoms in total. The largest absolute Gasteiger partial charge is 0.494 e. The molecule has 0 unspecified atom stereocenters. The number of hydrogen-bond acceptors (Lipinski definition) is 3. The molecule has 1 aromatic carbocycles. The van der Waals surface area contributed by atoms with Crippen molar-refractivity contribution in [1.29, 1.82) is 0 Å². The van der Waals surface area contributed by atoms with Crippen LogP contribution in [0.25, 0.3) is 0 Å². The van der Waals surface area contributed by atoms with Crippen molar-refractivity contribution in [3.63, 3.8) is 0 Å². The van der Waals surface area contributed by atoms with E-state index in [0.717, 1.165) is 11.3 Å². The maximum atomic E-state index is 11.7. The highest BCUT2D eigenvalue weighted by atomic mass is 16.5. The van der Waals surface area contributed by atoms with Crippen LogP contribution in [0, 0.1) is 0 Å². The Balaban J connectivity index is 1.93. The highest BCUT2D eigenvalue weighted by molar-refractivity contribution is 5.93. The number of nitrogens with one attached hydrogen (secondary N) is 2. The highest BCUT2D eigenvalue weighted by Gasteiger charge is 2.05. The maximum Gasteiger partial charge on any atom is 0.254 e. The Bertz CT molecular complexity index is 509. The second-order valence-electron chi connectivity index (χ2n) is 3.75. The smallest absolute Gasteiger partial charge is 0.254 e. The lowest BCUT2D eigenvalue weighted by molar-refractivity contribution is 0.0951. The molecule has 0 atom stereocenters. The van der Waals surface area contributed by atoms with Crippen LogP contribution in [-0.2, 0) is 6.54 Å². The zero-order chi connectivity index (χ0) is 12.8. The van der Waals surface area contributed by atoms with Crippen LogP contribution >= 0.6 is 0 Å². The molecule has 1 amide bonds. The highest BCUT2D eigenvalue weighted by Crippen LogP contribution is 2.13. The van der Waals surface area contributed by atoms with Gasteiger partial charge in [0.15, 0.2) is 0 Å². The van der Waals surface area contributed by atoms with Gasteiger partial charge in [0.25, 0.3) is 5.91 Å². The van der Waals surface area contributed by atoms with Gasteiger partial charge in [-0.1, -0.05) is 12.1 Å². The molecular formula is C13H15N3O2. The molecule has 0 aliphatic rings. The molecule has 2 N–H and O–H groups in total. The lowest BCUT2D eigenvalue weighted by Crippen LogP contribution is -2.22. The van der Waals surface area contributed by atoms with E-state index in [1.165, 1.54) is 6.20 Å². The third-order valence-electron chi connectivity index (χ3n) is 2.42. The summed E-state index contributed by atoms with van der Waals surface area (Å²) in [5.41, 5.74) is 1.52. The topological polar surface area (TPSA) is 67.0 Å². The normalized spacial score (nSPS) is 10.1. The standard InChI is InChI=1S/C13H15N3O2/c1-2-18-12-5-3-4-10(6-12)7-14-13(17)11-8-15-16-9-11/h3-6,8-9H,2,7H2,1H3,(H,14,17)(H,15,16). The number of aromatic nitrogens is 2. The molecule has 1 aromatic heterocycles. The van der Waals surface area contributed by atoms with Crippen LogP contribution in [0.2, 0.25) is 0 Å². The van der Waals surface area contributed by atoms with Gasteiger partial charge in [-0.2, -0.15) is 5.10 Å². The van der Waals surface area contributed by atoms with E-state index in [4.69, 9.17) is 4.74 Å². The Labute approximate surface area is 105 Å². The van der Waals surface area contributed by atoms with Gasteiger partial charge in [-0.15, -0.1) is 0 Å². The molecule has 0 aliphatic carbocycles. The molecule has 5 heteroatoms. The van der Waals surface area contributed by atoms with E-state index in [0.29, 0.717) is 18.7 Å². The van der Waals surface area contributed by atoms with E-state index in [9.17, 15) is 4.79 Å². The van der Waals surface area contributed by atoms with Gasteiger partial charge in [-0.25, -0.2) is 0 Å². The van der Waals surface area contributed by atoms with Crippen molar-refractivity contribution >= 4 is 5.91 Å². The van der Waals surface area contributed by atoms with Gasteiger partial charge in [-0.05, 0) is 24.6 Å². The molecule has 18 heavy (non-hydrogen) atoms. The van der Waals surface area contributed by atoms with Crippen LogP contribution in [0.4, 0.5) is 0 Å². The maximum absolute atomic E-state index is 11.7. The summed E-state index contributed by atoms with van der Waals surface area (Å²) in [6, 6.07) is 7.66. The van der Waals surface area contributed by atoms with Crippen molar-refractivity contribution in [3.8, 4) is 5.75 Å². The summed E-state index contributed by atoms with van der Waals surface area (Å²) in [7, 11) is 0. The van der Waals surface area contributed by atoms with Crippen LogP contribution in [0.3, 0.4) is 0 Å². The molecule has 2 rings (SSSR count). The first-order chi connectivity index (χ1) is 8.79. The minimum Gasteiger partial charge on any atom is -0.494 e. The van der Waals surface area contributed by atoms with Gasteiger partial charge in [0, 0.05) is 12.7 Å². The molecular weight excluding hydrogens is 230 g/mol. The number of benzene rings is 1. The average Bonchev–Trinajstić information content (AvgIpc) is 2.91. The SMILES string of the molecule is CCOc1cccc(CNC(=O)c2cn[nH]c2)c1. The molecule has 0 spiro atoms. The third-order valence-corrected chi connectivity index (χ3v) is 2.42. The number of ether oxygens (including phenoxy) is 1. The fraction of sp³-hybridized carbons (Fsp3) is 0.231. The molecule has 0 aliphatic heterocycles. The van der Waals surface area contributed by atoms with E-state index >= 15 is 0 Å². The Kier molecular flexibility index (Phi) is 3.96. The Hall–Kier alpha value is -2.30. The zero-order valence-corrected chi connectivity index (χ0v) is 10.1. The first-order valence-corrected chi connectivity index (χ1v) is 5.78. The van der Waals surface area contributed by atoms with Gasteiger partial charge < -0.3 is 10.1 Å². The first-order valence-electron chi connectivity index (χ1n) is 5.78. The van der Waals surface area contributed by atoms with Crippen LogP contribution in [0.1, 0.15) is 22.8 Å². The fourth-order valence-electron chi connectivity index (χ4n) is 1.57. The summed E-state index contributed by atoms with van der Waals surface area (Å²) >= 11 is 0. The van der Waals surface area contributed by atoms with Gasteiger partial charge in [0.1, 0.15) is 5.75 Å². The second-order valence-corrected chi connectivity index (χ2v) is 3.75. The third kappa shape index (κ3) is 3.10. The van der Waals surface area contributed by atoms with E-state index in [1.807, 2.05) is 31.2 Å². The predicted octanol–water partition coefficient (Wildman–Crippen LogP) is 1.74. The summed E-state index contributed by atoms with van der Waals surface area (Å²) in [6.45, 7) is 3.03. The Morgan fingerprint density at radius 1 is 1.50 bits per heavy atom. The summed E-state index contributed by atoms with van der Waals surface area (Å²) in [4.78, 5) is 11.7. The number of H-pyrrole nitrogens is 1. The van der Waals surface area contributed by atoms with Crippen LogP contribution in [0.15, 0.2) is 36.7 Å². The number of hydrogen-bond donors (Lipinski definition) is 2. The molecule has 0 bridgehead atoms. The lowest BCUT2D eigenvalue weighted by atomic mass is 10.2. The monoisotopic (exact) mass is 245 g/mol. The van der Waals surface area contributed by atoms with Crippen molar-refractivity contribution in [2.24, 2.45) is 0 Å². The van der Waals surface area contributed by atoms with Gasteiger partial charge in [-0.3, -0.25) is 9.89 Å². The summed E-state index contributed by atoms with van der Waals surface area (Å²) in [5.74, 6) is 0.665. The quantitative estimate of drug-likeness (QED) is 0.843. The van der Waals surface area contributed by atoms with Crippen LogP contribution in [0.5, 0.6) is 5.75 Å². The van der Waals surface area contributed by atoms with Crippen molar-refractivity contribution in [3.05, 3.63) is 47.8 Å².